The first-order chi connectivity index (χ1) is 15.4. The van der Waals surface area contributed by atoms with E-state index in [0.717, 1.165) is 42.5 Å². The van der Waals surface area contributed by atoms with Gasteiger partial charge >= 0.3 is 0 Å². The van der Waals surface area contributed by atoms with Crippen LogP contribution in [-0.2, 0) is 6.42 Å². The molecule has 1 aliphatic carbocycles. The lowest BCUT2D eigenvalue weighted by atomic mass is 9.93. The molecule has 0 saturated heterocycles. The van der Waals surface area contributed by atoms with Crippen molar-refractivity contribution < 1.29 is 9.90 Å². The molecular weight excluding hydrogens is 406 g/mol. The normalized spacial score (nSPS) is 18.2. The van der Waals surface area contributed by atoms with Crippen LogP contribution in [0.2, 0.25) is 0 Å². The average Bonchev–Trinajstić information content (AvgIpc) is 3.24. The van der Waals surface area contributed by atoms with Gasteiger partial charge in [0.15, 0.2) is 0 Å². The van der Waals surface area contributed by atoms with Gasteiger partial charge in [0, 0.05) is 23.5 Å². The first-order valence-corrected chi connectivity index (χ1v) is 10.6. The third-order valence-corrected chi connectivity index (χ3v) is 5.78. The Hall–Kier alpha value is -3.77. The summed E-state index contributed by atoms with van der Waals surface area (Å²) < 4.78 is 1.93. The third kappa shape index (κ3) is 4.60. The number of carbonyl (C=O) groups excluding carboxylic acids is 1. The second-order valence-electron chi connectivity index (χ2n) is 8.09. The molecular formula is C23H25N7O2. The molecule has 2 heterocycles. The zero-order chi connectivity index (χ0) is 22.7. The van der Waals surface area contributed by atoms with E-state index >= 15 is 0 Å². The zero-order valence-corrected chi connectivity index (χ0v) is 17.8. The molecule has 1 aromatic carbocycles. The standard InChI is InChI=1S/C23H25N7O2/c1-14-11-26-23(28-17-12-27-30(13-17)18-3-5-19(31)6-4-18)29-21(14)16-2-7-20(22(25)32)15(10-16)8-9-24/h2,7,10-13,18-19,31H,3-6,8H2,1H3,(H2,25,32)(H,26,28,29). The number of aliphatic hydroxyl groups excluding tert-OH is 1. The van der Waals surface area contributed by atoms with Crippen LogP contribution in [0.5, 0.6) is 0 Å². The van der Waals surface area contributed by atoms with Gasteiger partial charge in [0.2, 0.25) is 11.9 Å². The minimum atomic E-state index is -0.562. The number of hydrogen-bond donors (Lipinski definition) is 3. The van der Waals surface area contributed by atoms with Crippen LogP contribution in [0.15, 0.2) is 36.8 Å². The number of nitriles is 1. The Kier molecular flexibility index (Phi) is 6.14. The Morgan fingerprint density at radius 3 is 2.81 bits per heavy atom. The maximum Gasteiger partial charge on any atom is 0.249 e. The van der Waals surface area contributed by atoms with Crippen molar-refractivity contribution in [3.63, 3.8) is 0 Å². The zero-order valence-electron chi connectivity index (χ0n) is 17.8. The lowest BCUT2D eigenvalue weighted by molar-refractivity contribution is 0.0999. The summed E-state index contributed by atoms with van der Waals surface area (Å²) in [7, 11) is 0. The van der Waals surface area contributed by atoms with Gasteiger partial charge in [0.25, 0.3) is 0 Å². The highest BCUT2D eigenvalue weighted by molar-refractivity contribution is 5.95. The Balaban J connectivity index is 1.57. The minimum absolute atomic E-state index is 0.0821. The van der Waals surface area contributed by atoms with Gasteiger partial charge in [-0.05, 0) is 55.9 Å². The highest BCUT2D eigenvalue weighted by Gasteiger charge is 2.21. The first kappa shape index (κ1) is 21.5. The molecule has 0 radical (unpaired) electrons. The molecule has 1 fully saturated rings. The van der Waals surface area contributed by atoms with Crippen LogP contribution in [0.3, 0.4) is 0 Å². The number of carbonyl (C=O) groups is 1. The second kappa shape index (κ2) is 9.16. The first-order valence-electron chi connectivity index (χ1n) is 10.6. The van der Waals surface area contributed by atoms with Crippen molar-refractivity contribution in [2.75, 3.05) is 5.32 Å². The van der Waals surface area contributed by atoms with Crippen molar-refractivity contribution in [3.05, 3.63) is 53.5 Å². The van der Waals surface area contributed by atoms with Crippen LogP contribution in [0.25, 0.3) is 11.3 Å². The van der Waals surface area contributed by atoms with Crippen LogP contribution in [0.4, 0.5) is 11.6 Å². The quantitative estimate of drug-likeness (QED) is 0.544. The van der Waals surface area contributed by atoms with Crippen molar-refractivity contribution in [3.8, 4) is 17.3 Å². The fraction of sp³-hybridized carbons (Fsp3) is 0.348. The fourth-order valence-electron chi connectivity index (χ4n) is 4.06. The van der Waals surface area contributed by atoms with Gasteiger partial charge in [-0.25, -0.2) is 9.97 Å². The number of aryl methyl sites for hydroxylation is 1. The summed E-state index contributed by atoms with van der Waals surface area (Å²) in [6.45, 7) is 1.90. The Bertz CT molecular complexity index is 1170. The van der Waals surface area contributed by atoms with Crippen LogP contribution in [0, 0.1) is 18.3 Å². The molecule has 9 nitrogen and oxygen atoms in total. The number of amides is 1. The molecule has 1 aliphatic rings. The summed E-state index contributed by atoms with van der Waals surface area (Å²) >= 11 is 0. The SMILES string of the molecule is Cc1cnc(Nc2cnn(C3CCC(O)CC3)c2)nc1-c1ccc(C(N)=O)c(CC#N)c1. The number of benzene rings is 1. The van der Waals surface area contributed by atoms with E-state index in [2.05, 4.69) is 26.5 Å². The predicted molar refractivity (Wildman–Crippen MR) is 119 cm³/mol. The van der Waals surface area contributed by atoms with E-state index in [0.29, 0.717) is 22.8 Å². The fourth-order valence-corrected chi connectivity index (χ4v) is 4.06. The molecule has 0 aliphatic heterocycles. The van der Waals surface area contributed by atoms with Gasteiger partial charge in [0.1, 0.15) is 0 Å². The summed E-state index contributed by atoms with van der Waals surface area (Å²) in [6.07, 6.45) is 8.66. The highest BCUT2D eigenvalue weighted by Crippen LogP contribution is 2.29. The number of primary amides is 1. The van der Waals surface area contributed by atoms with Gasteiger partial charge < -0.3 is 16.2 Å². The Morgan fingerprint density at radius 1 is 1.31 bits per heavy atom. The number of nitrogens with two attached hydrogens (primary N) is 1. The van der Waals surface area contributed by atoms with Crippen molar-refractivity contribution in [2.45, 2.75) is 51.2 Å². The molecule has 4 N–H and O–H groups in total. The van der Waals surface area contributed by atoms with E-state index in [1.165, 1.54) is 0 Å². The summed E-state index contributed by atoms with van der Waals surface area (Å²) in [5.41, 5.74) is 9.46. The van der Waals surface area contributed by atoms with Gasteiger partial charge in [-0.15, -0.1) is 0 Å². The molecule has 2 aromatic heterocycles. The molecule has 0 bridgehead atoms. The lowest BCUT2D eigenvalue weighted by Crippen LogP contribution is -2.21. The van der Waals surface area contributed by atoms with Gasteiger partial charge in [-0.1, -0.05) is 6.07 Å². The maximum absolute atomic E-state index is 11.7. The molecule has 0 unspecified atom stereocenters. The van der Waals surface area contributed by atoms with E-state index in [1.54, 1.807) is 30.6 Å². The van der Waals surface area contributed by atoms with Crippen LogP contribution in [-0.4, -0.2) is 36.9 Å². The van der Waals surface area contributed by atoms with Crippen molar-refractivity contribution >= 4 is 17.5 Å². The molecule has 0 atom stereocenters. The highest BCUT2D eigenvalue weighted by atomic mass is 16.3. The topological polar surface area (TPSA) is 143 Å². The number of aromatic nitrogens is 4. The lowest BCUT2D eigenvalue weighted by Gasteiger charge is -2.25. The van der Waals surface area contributed by atoms with Crippen molar-refractivity contribution in [1.82, 2.24) is 19.7 Å². The number of aliphatic hydroxyl groups is 1. The smallest absolute Gasteiger partial charge is 0.249 e. The molecule has 3 aromatic rings. The van der Waals surface area contributed by atoms with E-state index in [-0.39, 0.29) is 18.6 Å². The number of nitrogens with one attached hydrogen (secondary N) is 1. The number of nitrogens with zero attached hydrogens (tertiary/aromatic N) is 5. The molecule has 9 heteroatoms. The summed E-state index contributed by atoms with van der Waals surface area (Å²) in [5, 5.41) is 26.5. The molecule has 4 rings (SSSR count). The molecule has 1 saturated carbocycles. The van der Waals surface area contributed by atoms with E-state index in [9.17, 15) is 9.90 Å². The molecule has 164 valence electrons. The van der Waals surface area contributed by atoms with Crippen LogP contribution < -0.4 is 11.1 Å². The third-order valence-electron chi connectivity index (χ3n) is 5.78. The van der Waals surface area contributed by atoms with E-state index in [4.69, 9.17) is 11.0 Å². The maximum atomic E-state index is 11.7. The summed E-state index contributed by atoms with van der Waals surface area (Å²) in [4.78, 5) is 20.7. The predicted octanol–water partition coefficient (Wildman–Crippen LogP) is 3.03. The number of hydrogen-bond acceptors (Lipinski definition) is 7. The molecule has 1 amide bonds. The number of rotatable bonds is 6. The molecule has 32 heavy (non-hydrogen) atoms. The van der Waals surface area contributed by atoms with Gasteiger partial charge in [-0.3, -0.25) is 9.48 Å². The molecule has 0 spiro atoms. The second-order valence-corrected chi connectivity index (χ2v) is 8.09. The van der Waals surface area contributed by atoms with Crippen LogP contribution in [0.1, 0.15) is 53.2 Å². The van der Waals surface area contributed by atoms with E-state index < -0.39 is 5.91 Å². The Morgan fingerprint density at radius 2 is 2.09 bits per heavy atom. The van der Waals surface area contributed by atoms with Gasteiger partial charge in [-0.2, -0.15) is 10.4 Å². The minimum Gasteiger partial charge on any atom is -0.393 e. The van der Waals surface area contributed by atoms with Crippen molar-refractivity contribution in [1.29, 1.82) is 5.26 Å². The Labute approximate surface area is 185 Å². The summed E-state index contributed by atoms with van der Waals surface area (Å²) in [5.74, 6) is -0.141. The monoisotopic (exact) mass is 431 g/mol. The summed E-state index contributed by atoms with van der Waals surface area (Å²) in [6, 6.07) is 7.53. The van der Waals surface area contributed by atoms with Crippen LogP contribution >= 0.6 is 0 Å². The van der Waals surface area contributed by atoms with E-state index in [1.807, 2.05) is 17.8 Å². The van der Waals surface area contributed by atoms with Gasteiger partial charge in [0.05, 0.1) is 42.2 Å². The average molecular weight is 432 g/mol. The largest absolute Gasteiger partial charge is 0.393 e. The number of anilines is 2. The van der Waals surface area contributed by atoms with Crippen molar-refractivity contribution in [2.24, 2.45) is 5.73 Å².